The number of hydrogen-bond donors (Lipinski definition) is 1. The summed E-state index contributed by atoms with van der Waals surface area (Å²) >= 11 is 0. The number of nitrogens with one attached hydrogen (secondary N) is 1. The lowest BCUT2D eigenvalue weighted by Crippen LogP contribution is -2.35. The maximum absolute atomic E-state index is 5.27. The van der Waals surface area contributed by atoms with E-state index in [2.05, 4.69) is 31.1 Å². The van der Waals surface area contributed by atoms with Crippen molar-refractivity contribution in [1.29, 1.82) is 0 Å². The average Bonchev–Trinajstić information content (AvgIpc) is 2.47. The van der Waals surface area contributed by atoms with Crippen molar-refractivity contribution < 1.29 is 4.42 Å². The monoisotopic (exact) mass is 197 g/mol. The van der Waals surface area contributed by atoms with E-state index in [9.17, 15) is 0 Å². The molecule has 0 aromatic carbocycles. The predicted octanol–water partition coefficient (Wildman–Crippen LogP) is 1.63. The van der Waals surface area contributed by atoms with Gasteiger partial charge >= 0.3 is 0 Å². The van der Waals surface area contributed by atoms with Gasteiger partial charge in [-0.2, -0.15) is 4.98 Å². The van der Waals surface area contributed by atoms with Crippen molar-refractivity contribution in [3.8, 4) is 0 Å². The minimum Gasteiger partial charge on any atom is -0.432 e. The van der Waals surface area contributed by atoms with E-state index < -0.39 is 0 Å². The molecule has 0 saturated heterocycles. The SMILES string of the molecule is CN(C)c1nc(CNC(C)(C)C)co1. The molecule has 1 aromatic rings. The Morgan fingerprint density at radius 2 is 2.07 bits per heavy atom. The summed E-state index contributed by atoms with van der Waals surface area (Å²) in [6, 6.07) is 0.649. The van der Waals surface area contributed by atoms with E-state index in [1.165, 1.54) is 0 Å². The van der Waals surface area contributed by atoms with Gasteiger partial charge in [0.25, 0.3) is 6.01 Å². The molecule has 1 N–H and O–H groups in total. The number of aromatic nitrogens is 1. The molecule has 0 fully saturated rings. The number of nitrogens with zero attached hydrogens (tertiary/aromatic N) is 2. The van der Waals surface area contributed by atoms with E-state index in [0.29, 0.717) is 6.01 Å². The van der Waals surface area contributed by atoms with E-state index in [-0.39, 0.29) is 5.54 Å². The van der Waals surface area contributed by atoms with Crippen LogP contribution < -0.4 is 10.2 Å². The molecule has 80 valence electrons. The van der Waals surface area contributed by atoms with Crippen LogP contribution in [-0.4, -0.2) is 24.6 Å². The number of rotatable bonds is 3. The molecule has 4 nitrogen and oxygen atoms in total. The van der Waals surface area contributed by atoms with Crippen LogP contribution in [0.5, 0.6) is 0 Å². The molecule has 0 atom stereocenters. The molecule has 0 aliphatic carbocycles. The molecule has 0 unspecified atom stereocenters. The topological polar surface area (TPSA) is 41.3 Å². The van der Waals surface area contributed by atoms with Gasteiger partial charge in [0.15, 0.2) is 0 Å². The van der Waals surface area contributed by atoms with Gasteiger partial charge < -0.3 is 14.6 Å². The Balaban J connectivity index is 2.52. The van der Waals surface area contributed by atoms with Crippen LogP contribution in [0.15, 0.2) is 10.7 Å². The highest BCUT2D eigenvalue weighted by molar-refractivity contribution is 5.23. The molecule has 0 aliphatic heterocycles. The fourth-order valence-electron chi connectivity index (χ4n) is 0.939. The van der Waals surface area contributed by atoms with E-state index in [1.54, 1.807) is 6.26 Å². The van der Waals surface area contributed by atoms with Gasteiger partial charge in [-0.05, 0) is 20.8 Å². The predicted molar refractivity (Wildman–Crippen MR) is 57.4 cm³/mol. The van der Waals surface area contributed by atoms with Crippen molar-refractivity contribution in [3.63, 3.8) is 0 Å². The van der Waals surface area contributed by atoms with Gasteiger partial charge in [0, 0.05) is 26.2 Å². The smallest absolute Gasteiger partial charge is 0.296 e. The summed E-state index contributed by atoms with van der Waals surface area (Å²) in [5.41, 5.74) is 1.04. The second-order valence-electron chi connectivity index (χ2n) is 4.62. The number of oxazole rings is 1. The van der Waals surface area contributed by atoms with Crippen LogP contribution in [0.3, 0.4) is 0 Å². The first-order valence-electron chi connectivity index (χ1n) is 4.75. The van der Waals surface area contributed by atoms with Gasteiger partial charge in [0.05, 0.1) is 5.69 Å². The van der Waals surface area contributed by atoms with Crippen molar-refractivity contribution in [2.75, 3.05) is 19.0 Å². The van der Waals surface area contributed by atoms with Crippen LogP contribution in [0.4, 0.5) is 6.01 Å². The third-order valence-electron chi connectivity index (χ3n) is 1.72. The molecule has 14 heavy (non-hydrogen) atoms. The van der Waals surface area contributed by atoms with Gasteiger partial charge in [0.1, 0.15) is 6.26 Å². The van der Waals surface area contributed by atoms with Crippen LogP contribution in [0, 0.1) is 0 Å². The van der Waals surface area contributed by atoms with Crippen molar-refractivity contribution >= 4 is 6.01 Å². The molecule has 0 bridgehead atoms. The molecule has 1 heterocycles. The molecule has 0 saturated carbocycles. The lowest BCUT2D eigenvalue weighted by molar-refractivity contribution is 0.421. The van der Waals surface area contributed by atoms with Crippen LogP contribution in [0.25, 0.3) is 0 Å². The van der Waals surface area contributed by atoms with Crippen molar-refractivity contribution in [2.24, 2.45) is 0 Å². The highest BCUT2D eigenvalue weighted by atomic mass is 16.4. The normalized spacial score (nSPS) is 11.8. The van der Waals surface area contributed by atoms with Gasteiger partial charge in [-0.3, -0.25) is 0 Å². The molecule has 0 spiro atoms. The molecule has 0 aliphatic rings. The standard InChI is InChI=1S/C10H19N3O/c1-10(2,3)11-6-8-7-14-9(12-8)13(4)5/h7,11H,6H2,1-5H3. The van der Waals surface area contributed by atoms with Crippen molar-refractivity contribution in [1.82, 2.24) is 10.3 Å². The third-order valence-corrected chi connectivity index (χ3v) is 1.72. The lowest BCUT2D eigenvalue weighted by atomic mass is 10.1. The van der Waals surface area contributed by atoms with Crippen molar-refractivity contribution in [3.05, 3.63) is 12.0 Å². The quantitative estimate of drug-likeness (QED) is 0.799. The zero-order valence-corrected chi connectivity index (χ0v) is 9.59. The summed E-state index contributed by atoms with van der Waals surface area (Å²) in [6.07, 6.45) is 1.69. The Morgan fingerprint density at radius 1 is 1.43 bits per heavy atom. The molecule has 4 heteroatoms. The van der Waals surface area contributed by atoms with Crippen LogP contribution in [0.2, 0.25) is 0 Å². The van der Waals surface area contributed by atoms with Crippen molar-refractivity contribution in [2.45, 2.75) is 32.9 Å². The Morgan fingerprint density at radius 3 is 2.50 bits per heavy atom. The molecule has 1 rings (SSSR count). The lowest BCUT2D eigenvalue weighted by Gasteiger charge is -2.19. The molecular weight excluding hydrogens is 178 g/mol. The summed E-state index contributed by atoms with van der Waals surface area (Å²) in [5.74, 6) is 0. The average molecular weight is 197 g/mol. The minimum atomic E-state index is 0.108. The molecule has 1 aromatic heterocycles. The second kappa shape index (κ2) is 4.00. The Kier molecular flexibility index (Phi) is 3.16. The largest absolute Gasteiger partial charge is 0.432 e. The Bertz CT molecular complexity index is 286. The van der Waals surface area contributed by atoms with Crippen LogP contribution in [0.1, 0.15) is 26.5 Å². The van der Waals surface area contributed by atoms with E-state index in [0.717, 1.165) is 12.2 Å². The summed E-state index contributed by atoms with van der Waals surface area (Å²) in [4.78, 5) is 6.16. The summed E-state index contributed by atoms with van der Waals surface area (Å²) < 4.78 is 5.27. The Labute approximate surface area is 85.3 Å². The molecule has 0 amide bonds. The third kappa shape index (κ3) is 3.38. The maximum atomic E-state index is 5.27. The van der Waals surface area contributed by atoms with Crippen LogP contribution in [-0.2, 0) is 6.54 Å². The number of anilines is 1. The molecular formula is C10H19N3O. The van der Waals surface area contributed by atoms with E-state index in [1.807, 2.05) is 19.0 Å². The fraction of sp³-hybridized carbons (Fsp3) is 0.700. The van der Waals surface area contributed by atoms with Crippen LogP contribution >= 0.6 is 0 Å². The van der Waals surface area contributed by atoms with E-state index >= 15 is 0 Å². The number of hydrogen-bond acceptors (Lipinski definition) is 4. The van der Waals surface area contributed by atoms with E-state index in [4.69, 9.17) is 4.42 Å². The van der Waals surface area contributed by atoms with Gasteiger partial charge in [-0.25, -0.2) is 0 Å². The highest BCUT2D eigenvalue weighted by Crippen LogP contribution is 2.10. The fourth-order valence-corrected chi connectivity index (χ4v) is 0.939. The summed E-state index contributed by atoms with van der Waals surface area (Å²) in [7, 11) is 3.82. The summed E-state index contributed by atoms with van der Waals surface area (Å²) in [5, 5.41) is 3.35. The Hall–Kier alpha value is -1.03. The zero-order valence-electron chi connectivity index (χ0n) is 9.59. The first-order chi connectivity index (χ1) is 6.38. The first kappa shape index (κ1) is 11.0. The van der Waals surface area contributed by atoms with Gasteiger partial charge in [0.2, 0.25) is 0 Å². The second-order valence-corrected chi connectivity index (χ2v) is 4.62. The zero-order chi connectivity index (χ0) is 10.8. The minimum absolute atomic E-state index is 0.108. The maximum Gasteiger partial charge on any atom is 0.296 e. The van der Waals surface area contributed by atoms with Gasteiger partial charge in [-0.15, -0.1) is 0 Å². The molecule has 0 radical (unpaired) electrons. The summed E-state index contributed by atoms with van der Waals surface area (Å²) in [6.45, 7) is 7.11. The first-order valence-corrected chi connectivity index (χ1v) is 4.75. The highest BCUT2D eigenvalue weighted by Gasteiger charge is 2.11. The van der Waals surface area contributed by atoms with Gasteiger partial charge in [-0.1, -0.05) is 0 Å².